The predicted octanol–water partition coefficient (Wildman–Crippen LogP) is 1.10. The van der Waals surface area contributed by atoms with Crippen molar-refractivity contribution in [1.82, 2.24) is 10.3 Å². The number of nitrogens with zero attached hydrogens (tertiary/aromatic N) is 1. The van der Waals surface area contributed by atoms with Crippen LogP contribution in [0.25, 0.3) is 0 Å². The first-order valence-electron chi connectivity index (χ1n) is 5.12. The highest BCUT2D eigenvalue weighted by Gasteiger charge is 2.16. The van der Waals surface area contributed by atoms with Crippen LogP contribution in [0.4, 0.5) is 0 Å². The Kier molecular flexibility index (Phi) is 3.15. The SMILES string of the molecule is C[C@@H](O)CNCc1nc2c(s1)CCC2. The van der Waals surface area contributed by atoms with Crippen LogP contribution in [-0.4, -0.2) is 22.7 Å². The highest BCUT2D eigenvalue weighted by atomic mass is 32.1. The van der Waals surface area contributed by atoms with Gasteiger partial charge < -0.3 is 10.4 Å². The second-order valence-corrected chi connectivity index (χ2v) is 4.98. The second-order valence-electron chi connectivity index (χ2n) is 3.81. The summed E-state index contributed by atoms with van der Waals surface area (Å²) < 4.78 is 0. The van der Waals surface area contributed by atoms with Crippen molar-refractivity contribution >= 4 is 11.3 Å². The van der Waals surface area contributed by atoms with Crippen molar-refractivity contribution < 1.29 is 5.11 Å². The van der Waals surface area contributed by atoms with Gasteiger partial charge in [-0.25, -0.2) is 4.98 Å². The van der Waals surface area contributed by atoms with E-state index in [4.69, 9.17) is 5.11 Å². The van der Waals surface area contributed by atoms with E-state index in [2.05, 4.69) is 10.3 Å². The molecule has 1 aliphatic rings. The maximum Gasteiger partial charge on any atom is 0.107 e. The number of fused-ring (bicyclic) bond motifs is 1. The summed E-state index contributed by atoms with van der Waals surface area (Å²) in [6.07, 6.45) is 3.36. The molecule has 0 saturated heterocycles. The molecule has 2 rings (SSSR count). The van der Waals surface area contributed by atoms with E-state index in [-0.39, 0.29) is 6.10 Å². The molecule has 1 atom stereocenters. The van der Waals surface area contributed by atoms with Crippen molar-refractivity contribution in [2.24, 2.45) is 0 Å². The topological polar surface area (TPSA) is 45.1 Å². The minimum Gasteiger partial charge on any atom is -0.392 e. The molecular formula is C10H16N2OS. The minimum atomic E-state index is -0.276. The number of rotatable bonds is 4. The Morgan fingerprint density at radius 2 is 2.43 bits per heavy atom. The second kappa shape index (κ2) is 4.38. The molecule has 14 heavy (non-hydrogen) atoms. The van der Waals surface area contributed by atoms with Gasteiger partial charge in [0, 0.05) is 18.0 Å². The molecule has 0 saturated carbocycles. The van der Waals surface area contributed by atoms with Crippen LogP contribution in [-0.2, 0) is 19.4 Å². The van der Waals surface area contributed by atoms with Crippen molar-refractivity contribution in [3.8, 4) is 0 Å². The predicted molar refractivity (Wildman–Crippen MR) is 57.5 cm³/mol. The summed E-state index contributed by atoms with van der Waals surface area (Å²) in [5.74, 6) is 0. The molecule has 0 amide bonds. The van der Waals surface area contributed by atoms with E-state index in [1.807, 2.05) is 11.3 Å². The minimum absolute atomic E-state index is 0.276. The Bertz CT molecular complexity index is 288. The number of aryl methyl sites for hydroxylation is 2. The number of aromatic nitrogens is 1. The van der Waals surface area contributed by atoms with E-state index < -0.39 is 0 Å². The number of hydrogen-bond acceptors (Lipinski definition) is 4. The van der Waals surface area contributed by atoms with Crippen molar-refractivity contribution in [1.29, 1.82) is 0 Å². The fourth-order valence-corrected chi connectivity index (χ4v) is 2.83. The summed E-state index contributed by atoms with van der Waals surface area (Å²) in [6, 6.07) is 0. The smallest absolute Gasteiger partial charge is 0.107 e. The summed E-state index contributed by atoms with van der Waals surface area (Å²) in [5, 5.41) is 13.4. The van der Waals surface area contributed by atoms with E-state index in [1.165, 1.54) is 23.4 Å². The van der Waals surface area contributed by atoms with Gasteiger partial charge in [-0.1, -0.05) is 0 Å². The summed E-state index contributed by atoms with van der Waals surface area (Å²) in [6.45, 7) is 3.22. The summed E-state index contributed by atoms with van der Waals surface area (Å²) >= 11 is 1.82. The first-order chi connectivity index (χ1) is 6.75. The number of aliphatic hydroxyl groups is 1. The first-order valence-corrected chi connectivity index (χ1v) is 5.93. The van der Waals surface area contributed by atoms with Crippen molar-refractivity contribution in [3.05, 3.63) is 15.6 Å². The van der Waals surface area contributed by atoms with Gasteiger partial charge >= 0.3 is 0 Å². The Hall–Kier alpha value is -0.450. The summed E-state index contributed by atoms with van der Waals surface area (Å²) in [4.78, 5) is 6.03. The van der Waals surface area contributed by atoms with Gasteiger partial charge in [0.1, 0.15) is 5.01 Å². The fourth-order valence-electron chi connectivity index (χ4n) is 1.71. The molecular weight excluding hydrogens is 196 g/mol. The van der Waals surface area contributed by atoms with Crippen LogP contribution in [0.1, 0.15) is 28.9 Å². The average molecular weight is 212 g/mol. The van der Waals surface area contributed by atoms with Crippen LogP contribution in [0.3, 0.4) is 0 Å². The third kappa shape index (κ3) is 2.32. The van der Waals surface area contributed by atoms with Crippen LogP contribution in [0.2, 0.25) is 0 Å². The average Bonchev–Trinajstić information content (AvgIpc) is 2.62. The molecule has 1 aromatic rings. The molecule has 0 unspecified atom stereocenters. The molecule has 0 spiro atoms. The highest BCUT2D eigenvalue weighted by Crippen LogP contribution is 2.27. The lowest BCUT2D eigenvalue weighted by Gasteiger charge is -2.04. The first kappa shape index (κ1) is 10.1. The van der Waals surface area contributed by atoms with Gasteiger partial charge in [-0.05, 0) is 26.2 Å². The lowest BCUT2D eigenvalue weighted by molar-refractivity contribution is 0.191. The molecule has 3 nitrogen and oxygen atoms in total. The maximum absolute atomic E-state index is 9.07. The van der Waals surface area contributed by atoms with Crippen molar-refractivity contribution in [3.63, 3.8) is 0 Å². The standard InChI is InChI=1S/C10H16N2OS/c1-7(13)5-11-6-10-12-8-3-2-4-9(8)14-10/h7,11,13H,2-6H2,1H3/t7-/m1/s1. The quantitative estimate of drug-likeness (QED) is 0.785. The normalized spacial score (nSPS) is 17.0. The monoisotopic (exact) mass is 212 g/mol. The molecule has 0 radical (unpaired) electrons. The zero-order valence-corrected chi connectivity index (χ0v) is 9.23. The van der Waals surface area contributed by atoms with Crippen molar-refractivity contribution in [2.45, 2.75) is 38.8 Å². The van der Waals surface area contributed by atoms with Gasteiger partial charge in [-0.3, -0.25) is 0 Å². The molecule has 0 fully saturated rings. The van der Waals surface area contributed by atoms with Gasteiger partial charge in [0.25, 0.3) is 0 Å². The molecule has 1 aliphatic carbocycles. The lowest BCUT2D eigenvalue weighted by Crippen LogP contribution is -2.23. The molecule has 1 heterocycles. The lowest BCUT2D eigenvalue weighted by atomic mass is 10.4. The van der Waals surface area contributed by atoms with Crippen LogP contribution < -0.4 is 5.32 Å². The van der Waals surface area contributed by atoms with Gasteiger partial charge in [-0.15, -0.1) is 11.3 Å². The van der Waals surface area contributed by atoms with Crippen LogP contribution in [0, 0.1) is 0 Å². The Morgan fingerprint density at radius 1 is 1.57 bits per heavy atom. The maximum atomic E-state index is 9.07. The van der Waals surface area contributed by atoms with Crippen LogP contribution in [0.15, 0.2) is 0 Å². The number of hydrogen-bond donors (Lipinski definition) is 2. The largest absolute Gasteiger partial charge is 0.392 e. The van der Waals surface area contributed by atoms with Gasteiger partial charge in [0.2, 0.25) is 0 Å². The summed E-state index contributed by atoms with van der Waals surface area (Å²) in [5.41, 5.74) is 1.31. The third-order valence-corrected chi connectivity index (χ3v) is 3.51. The molecule has 4 heteroatoms. The molecule has 0 aromatic carbocycles. The fraction of sp³-hybridized carbons (Fsp3) is 0.700. The van der Waals surface area contributed by atoms with E-state index in [0.717, 1.165) is 18.0 Å². The molecule has 0 bridgehead atoms. The van der Waals surface area contributed by atoms with E-state index in [0.29, 0.717) is 6.54 Å². The van der Waals surface area contributed by atoms with Gasteiger partial charge in [0.05, 0.1) is 11.8 Å². The van der Waals surface area contributed by atoms with Crippen molar-refractivity contribution in [2.75, 3.05) is 6.54 Å². The Labute approximate surface area is 88.2 Å². The number of nitrogens with one attached hydrogen (secondary N) is 1. The zero-order chi connectivity index (χ0) is 9.97. The Balaban J connectivity index is 1.85. The van der Waals surface area contributed by atoms with E-state index >= 15 is 0 Å². The number of thiazole rings is 1. The third-order valence-electron chi connectivity index (χ3n) is 2.36. The Morgan fingerprint density at radius 3 is 3.14 bits per heavy atom. The number of aliphatic hydroxyl groups excluding tert-OH is 1. The van der Waals surface area contributed by atoms with E-state index in [1.54, 1.807) is 6.92 Å². The van der Waals surface area contributed by atoms with Crippen LogP contribution in [0.5, 0.6) is 0 Å². The van der Waals surface area contributed by atoms with Gasteiger partial charge in [-0.2, -0.15) is 0 Å². The molecule has 78 valence electrons. The zero-order valence-electron chi connectivity index (χ0n) is 8.42. The summed E-state index contributed by atoms with van der Waals surface area (Å²) in [7, 11) is 0. The molecule has 1 aromatic heterocycles. The van der Waals surface area contributed by atoms with Gasteiger partial charge in [0.15, 0.2) is 0 Å². The van der Waals surface area contributed by atoms with E-state index in [9.17, 15) is 0 Å². The highest BCUT2D eigenvalue weighted by molar-refractivity contribution is 7.11. The molecule has 0 aliphatic heterocycles. The van der Waals surface area contributed by atoms with Crippen LogP contribution >= 0.6 is 11.3 Å². The molecule has 2 N–H and O–H groups in total.